The number of aliphatic hydroxyl groups excluding tert-OH is 1. The SMILES string of the molecule is CC(C)(C)c1ccc(C(O)C2CC=CCC2C(=O)O)cc1. The molecule has 0 heterocycles. The number of carboxylic acid groups (broad SMARTS) is 1. The number of aliphatic hydroxyl groups is 1. The molecule has 1 aliphatic carbocycles. The third-order valence-corrected chi connectivity index (χ3v) is 4.32. The summed E-state index contributed by atoms with van der Waals surface area (Å²) in [5.41, 5.74) is 2.08. The molecule has 3 unspecified atom stereocenters. The lowest BCUT2D eigenvalue weighted by atomic mass is 9.77. The molecule has 2 N–H and O–H groups in total. The molecule has 21 heavy (non-hydrogen) atoms. The molecule has 3 heteroatoms. The third kappa shape index (κ3) is 3.53. The maximum absolute atomic E-state index is 11.3. The Morgan fingerprint density at radius 2 is 1.71 bits per heavy atom. The van der Waals surface area contributed by atoms with E-state index in [-0.39, 0.29) is 11.3 Å². The molecule has 2 rings (SSSR count). The van der Waals surface area contributed by atoms with Gasteiger partial charge in [0.2, 0.25) is 0 Å². The van der Waals surface area contributed by atoms with Crippen LogP contribution in [0.3, 0.4) is 0 Å². The van der Waals surface area contributed by atoms with Crippen molar-refractivity contribution in [1.82, 2.24) is 0 Å². The van der Waals surface area contributed by atoms with Crippen LogP contribution in [0.15, 0.2) is 36.4 Å². The van der Waals surface area contributed by atoms with Crippen LogP contribution in [0.1, 0.15) is 50.8 Å². The van der Waals surface area contributed by atoms with Gasteiger partial charge in [0.05, 0.1) is 12.0 Å². The summed E-state index contributed by atoms with van der Waals surface area (Å²) in [6, 6.07) is 7.88. The molecule has 3 nitrogen and oxygen atoms in total. The topological polar surface area (TPSA) is 57.5 Å². The van der Waals surface area contributed by atoms with E-state index in [1.54, 1.807) is 0 Å². The number of hydrogen-bond acceptors (Lipinski definition) is 2. The highest BCUT2D eigenvalue weighted by atomic mass is 16.4. The van der Waals surface area contributed by atoms with Gasteiger partial charge in [0, 0.05) is 5.92 Å². The van der Waals surface area contributed by atoms with Gasteiger partial charge in [-0.1, -0.05) is 57.2 Å². The van der Waals surface area contributed by atoms with Crippen LogP contribution in [0.5, 0.6) is 0 Å². The Kier molecular flexibility index (Phi) is 4.52. The average molecular weight is 288 g/mol. The van der Waals surface area contributed by atoms with E-state index in [0.717, 1.165) is 5.56 Å². The normalized spacial score (nSPS) is 23.8. The zero-order chi connectivity index (χ0) is 15.6. The Labute approximate surface area is 126 Å². The number of carboxylic acids is 1. The maximum Gasteiger partial charge on any atom is 0.307 e. The van der Waals surface area contributed by atoms with E-state index in [0.29, 0.717) is 12.8 Å². The Hall–Kier alpha value is -1.61. The Morgan fingerprint density at radius 3 is 2.24 bits per heavy atom. The molecule has 1 aromatic rings. The van der Waals surface area contributed by atoms with Crippen LogP contribution >= 0.6 is 0 Å². The van der Waals surface area contributed by atoms with Crippen LogP contribution < -0.4 is 0 Å². The second kappa shape index (κ2) is 6.02. The van der Waals surface area contributed by atoms with Crippen molar-refractivity contribution in [3.63, 3.8) is 0 Å². The third-order valence-electron chi connectivity index (χ3n) is 4.32. The number of allylic oxidation sites excluding steroid dienone is 2. The summed E-state index contributed by atoms with van der Waals surface area (Å²) < 4.78 is 0. The second-order valence-electron chi connectivity index (χ2n) is 6.87. The van der Waals surface area contributed by atoms with Gasteiger partial charge in [0.1, 0.15) is 0 Å². The van der Waals surface area contributed by atoms with Crippen LogP contribution in [0, 0.1) is 11.8 Å². The van der Waals surface area contributed by atoms with Gasteiger partial charge in [-0.3, -0.25) is 4.79 Å². The monoisotopic (exact) mass is 288 g/mol. The van der Waals surface area contributed by atoms with Crippen molar-refractivity contribution in [2.24, 2.45) is 11.8 Å². The first-order valence-corrected chi connectivity index (χ1v) is 7.47. The molecule has 1 aliphatic rings. The standard InChI is InChI=1S/C18H24O3/c1-18(2,3)13-10-8-12(9-11-13)16(19)14-6-4-5-7-15(14)17(20)21/h4-5,8-11,14-16,19H,6-7H2,1-3H3,(H,20,21). The molecule has 0 saturated heterocycles. The van der Waals surface area contributed by atoms with Gasteiger partial charge >= 0.3 is 5.97 Å². The number of hydrogen-bond donors (Lipinski definition) is 2. The molecule has 0 aliphatic heterocycles. The van der Waals surface area contributed by atoms with Gasteiger partial charge in [-0.05, 0) is 29.4 Å². The van der Waals surface area contributed by atoms with Crippen LogP contribution in [0.25, 0.3) is 0 Å². The van der Waals surface area contributed by atoms with Gasteiger partial charge in [-0.15, -0.1) is 0 Å². The van der Waals surface area contributed by atoms with Gasteiger partial charge < -0.3 is 10.2 Å². The van der Waals surface area contributed by atoms with E-state index in [4.69, 9.17) is 0 Å². The molecular weight excluding hydrogens is 264 g/mol. The quantitative estimate of drug-likeness (QED) is 0.834. The number of carbonyl (C=O) groups is 1. The van der Waals surface area contributed by atoms with Crippen LogP contribution in [0.2, 0.25) is 0 Å². The van der Waals surface area contributed by atoms with Crippen molar-refractivity contribution in [1.29, 1.82) is 0 Å². The van der Waals surface area contributed by atoms with Crippen molar-refractivity contribution in [2.45, 2.75) is 45.1 Å². The lowest BCUT2D eigenvalue weighted by Gasteiger charge is -2.30. The van der Waals surface area contributed by atoms with Gasteiger partial charge in [-0.2, -0.15) is 0 Å². The molecular formula is C18H24O3. The molecule has 0 fully saturated rings. The highest BCUT2D eigenvalue weighted by Crippen LogP contribution is 2.36. The van der Waals surface area contributed by atoms with Crippen LogP contribution in [-0.2, 0) is 10.2 Å². The van der Waals surface area contributed by atoms with Gasteiger partial charge in [0.25, 0.3) is 0 Å². The average Bonchev–Trinajstić information content (AvgIpc) is 2.45. The van der Waals surface area contributed by atoms with E-state index in [1.165, 1.54) is 5.56 Å². The highest BCUT2D eigenvalue weighted by Gasteiger charge is 2.34. The molecule has 114 valence electrons. The van der Waals surface area contributed by atoms with E-state index < -0.39 is 18.0 Å². The lowest BCUT2D eigenvalue weighted by Crippen LogP contribution is -2.29. The number of benzene rings is 1. The smallest absolute Gasteiger partial charge is 0.307 e. The van der Waals surface area contributed by atoms with E-state index in [9.17, 15) is 15.0 Å². The molecule has 0 amide bonds. The predicted octanol–water partition coefficient (Wildman–Crippen LogP) is 3.68. The highest BCUT2D eigenvalue weighted by molar-refractivity contribution is 5.71. The fraction of sp³-hybridized carbons (Fsp3) is 0.500. The molecule has 0 saturated carbocycles. The van der Waals surface area contributed by atoms with Gasteiger partial charge in [-0.25, -0.2) is 0 Å². The van der Waals surface area contributed by atoms with E-state index in [2.05, 4.69) is 20.8 Å². The Bertz CT molecular complexity index is 522. The summed E-state index contributed by atoms with van der Waals surface area (Å²) >= 11 is 0. The van der Waals surface area contributed by atoms with E-state index in [1.807, 2.05) is 36.4 Å². The second-order valence-corrected chi connectivity index (χ2v) is 6.87. The maximum atomic E-state index is 11.3. The zero-order valence-corrected chi connectivity index (χ0v) is 12.9. The molecule has 3 atom stereocenters. The molecule has 0 aromatic heterocycles. The fourth-order valence-corrected chi connectivity index (χ4v) is 2.90. The van der Waals surface area contributed by atoms with Crippen molar-refractivity contribution in [3.8, 4) is 0 Å². The first-order valence-electron chi connectivity index (χ1n) is 7.47. The van der Waals surface area contributed by atoms with Crippen molar-refractivity contribution < 1.29 is 15.0 Å². The minimum Gasteiger partial charge on any atom is -0.481 e. The predicted molar refractivity (Wildman–Crippen MR) is 83.1 cm³/mol. The van der Waals surface area contributed by atoms with Crippen molar-refractivity contribution >= 4 is 5.97 Å². The van der Waals surface area contributed by atoms with Crippen molar-refractivity contribution in [3.05, 3.63) is 47.5 Å². The fourth-order valence-electron chi connectivity index (χ4n) is 2.90. The molecule has 0 radical (unpaired) electrons. The summed E-state index contributed by atoms with van der Waals surface area (Å²) in [5, 5.41) is 19.9. The van der Waals surface area contributed by atoms with E-state index >= 15 is 0 Å². The summed E-state index contributed by atoms with van der Waals surface area (Å²) in [7, 11) is 0. The van der Waals surface area contributed by atoms with Gasteiger partial charge in [0.15, 0.2) is 0 Å². The van der Waals surface area contributed by atoms with Crippen molar-refractivity contribution in [2.75, 3.05) is 0 Å². The Morgan fingerprint density at radius 1 is 1.14 bits per heavy atom. The minimum atomic E-state index is -0.824. The number of aliphatic carboxylic acids is 1. The first kappa shape index (κ1) is 15.8. The summed E-state index contributed by atoms with van der Waals surface area (Å²) in [4.78, 5) is 11.3. The van der Waals surface area contributed by atoms with Crippen LogP contribution in [-0.4, -0.2) is 16.2 Å². The summed E-state index contributed by atoms with van der Waals surface area (Å²) in [5.74, 6) is -1.59. The summed E-state index contributed by atoms with van der Waals surface area (Å²) in [6.07, 6.45) is 4.24. The first-order chi connectivity index (χ1) is 9.80. The largest absolute Gasteiger partial charge is 0.481 e. The minimum absolute atomic E-state index is 0.0701. The molecule has 1 aromatic carbocycles. The summed E-state index contributed by atoms with van der Waals surface area (Å²) in [6.45, 7) is 6.43. The number of rotatable bonds is 3. The molecule has 0 bridgehead atoms. The van der Waals surface area contributed by atoms with Crippen LogP contribution in [0.4, 0.5) is 0 Å². The lowest BCUT2D eigenvalue weighted by molar-refractivity contribution is -0.145. The Balaban J connectivity index is 2.21. The zero-order valence-electron chi connectivity index (χ0n) is 12.9. The molecule has 0 spiro atoms.